The van der Waals surface area contributed by atoms with Gasteiger partial charge in [0.1, 0.15) is 6.04 Å². The fourth-order valence-electron chi connectivity index (χ4n) is 3.44. The third-order valence-electron chi connectivity index (χ3n) is 5.00. The van der Waals surface area contributed by atoms with Gasteiger partial charge < -0.3 is 15.0 Å². The first-order valence-corrected chi connectivity index (χ1v) is 10.0. The van der Waals surface area contributed by atoms with Crippen molar-refractivity contribution in [1.29, 1.82) is 0 Å². The van der Waals surface area contributed by atoms with Gasteiger partial charge in [-0.1, -0.05) is 5.92 Å². The highest BCUT2D eigenvalue weighted by atomic mass is 16.5. The molecule has 0 aromatic carbocycles. The third-order valence-corrected chi connectivity index (χ3v) is 5.00. The molecule has 2 aromatic heterocycles. The standard InChI is InChI=1S/C20H28N6O3/c1-5-7-13-26-15-16(23-20(26)25-11-9-8-10-12-25)22-19(24(4)17(15)27)21-14(3)18(28)29-6-2/h14H,6,8-13H2,1-4H3,(H,21,22)/t14-/m0/s1. The average molecular weight is 400 g/mol. The lowest BCUT2D eigenvalue weighted by Gasteiger charge is -2.27. The number of esters is 1. The summed E-state index contributed by atoms with van der Waals surface area (Å²) in [6.07, 6.45) is 3.39. The van der Waals surface area contributed by atoms with E-state index >= 15 is 0 Å². The summed E-state index contributed by atoms with van der Waals surface area (Å²) in [5.41, 5.74) is 0.539. The van der Waals surface area contributed by atoms with Crippen LogP contribution in [0.25, 0.3) is 11.2 Å². The molecule has 0 aliphatic carbocycles. The monoisotopic (exact) mass is 400 g/mol. The Kier molecular flexibility index (Phi) is 6.42. The lowest BCUT2D eigenvalue weighted by Crippen LogP contribution is -2.33. The van der Waals surface area contributed by atoms with Crippen molar-refractivity contribution in [3.63, 3.8) is 0 Å². The van der Waals surface area contributed by atoms with Crippen LogP contribution in [0.2, 0.25) is 0 Å². The van der Waals surface area contributed by atoms with E-state index in [0.29, 0.717) is 17.7 Å². The predicted octanol–water partition coefficient (Wildman–Crippen LogP) is 1.51. The number of carbonyl (C=O) groups excluding carboxylic acids is 1. The van der Waals surface area contributed by atoms with Gasteiger partial charge in [0, 0.05) is 20.1 Å². The minimum absolute atomic E-state index is 0.234. The summed E-state index contributed by atoms with van der Waals surface area (Å²) in [6, 6.07) is -0.639. The summed E-state index contributed by atoms with van der Waals surface area (Å²) >= 11 is 0. The third kappa shape index (κ3) is 4.21. The molecule has 0 bridgehead atoms. The summed E-state index contributed by atoms with van der Waals surface area (Å²) < 4.78 is 8.27. The largest absolute Gasteiger partial charge is 0.464 e. The fraction of sp³-hybridized carbons (Fsp3) is 0.600. The number of anilines is 2. The molecule has 0 unspecified atom stereocenters. The smallest absolute Gasteiger partial charge is 0.328 e. The van der Waals surface area contributed by atoms with Crippen LogP contribution in [0.3, 0.4) is 0 Å². The van der Waals surface area contributed by atoms with Gasteiger partial charge in [-0.3, -0.25) is 13.9 Å². The number of nitrogens with one attached hydrogen (secondary N) is 1. The molecule has 29 heavy (non-hydrogen) atoms. The highest BCUT2D eigenvalue weighted by molar-refractivity contribution is 5.79. The lowest BCUT2D eigenvalue weighted by molar-refractivity contribution is -0.143. The number of fused-ring (bicyclic) bond motifs is 1. The number of hydrogen-bond donors (Lipinski definition) is 1. The van der Waals surface area contributed by atoms with Crippen molar-refractivity contribution in [1.82, 2.24) is 19.1 Å². The van der Waals surface area contributed by atoms with Crippen LogP contribution in [0.15, 0.2) is 4.79 Å². The Bertz CT molecular complexity index is 1010. The van der Waals surface area contributed by atoms with Crippen molar-refractivity contribution in [3.8, 4) is 11.8 Å². The highest BCUT2D eigenvalue weighted by Gasteiger charge is 2.24. The highest BCUT2D eigenvalue weighted by Crippen LogP contribution is 2.23. The molecule has 0 saturated carbocycles. The number of ether oxygens (including phenoxy) is 1. The van der Waals surface area contributed by atoms with E-state index in [1.165, 1.54) is 11.0 Å². The van der Waals surface area contributed by atoms with Crippen LogP contribution in [0, 0.1) is 11.8 Å². The quantitative estimate of drug-likeness (QED) is 0.580. The van der Waals surface area contributed by atoms with Gasteiger partial charge in [-0.25, -0.2) is 4.79 Å². The average Bonchev–Trinajstić information content (AvgIpc) is 3.09. The molecule has 0 spiro atoms. The number of rotatable bonds is 6. The normalized spacial score (nSPS) is 15.0. The first kappa shape index (κ1) is 20.7. The number of hydrogen-bond acceptors (Lipinski definition) is 7. The maximum atomic E-state index is 13.1. The second-order valence-corrected chi connectivity index (χ2v) is 7.06. The molecule has 9 nitrogen and oxygen atoms in total. The van der Waals surface area contributed by atoms with Crippen molar-refractivity contribution in [3.05, 3.63) is 10.4 Å². The van der Waals surface area contributed by atoms with Gasteiger partial charge in [0.25, 0.3) is 5.56 Å². The van der Waals surface area contributed by atoms with E-state index in [9.17, 15) is 9.59 Å². The van der Waals surface area contributed by atoms with Crippen molar-refractivity contribution >= 4 is 29.0 Å². The molecule has 3 heterocycles. The zero-order valence-corrected chi connectivity index (χ0v) is 17.5. The zero-order valence-electron chi connectivity index (χ0n) is 17.5. The summed E-state index contributed by atoms with van der Waals surface area (Å²) in [4.78, 5) is 36.5. The minimum Gasteiger partial charge on any atom is -0.464 e. The molecular weight excluding hydrogens is 372 g/mol. The Morgan fingerprint density at radius 1 is 1.28 bits per heavy atom. The number of carbonyl (C=O) groups is 1. The number of piperidine rings is 1. The summed E-state index contributed by atoms with van der Waals surface area (Å²) in [6.45, 7) is 7.65. The number of aromatic nitrogens is 4. The van der Waals surface area contributed by atoms with Crippen LogP contribution in [-0.2, 0) is 23.1 Å². The molecule has 1 fully saturated rings. The molecule has 1 saturated heterocycles. The van der Waals surface area contributed by atoms with Crippen molar-refractivity contribution in [2.45, 2.75) is 52.6 Å². The summed E-state index contributed by atoms with van der Waals surface area (Å²) in [5, 5.41) is 2.97. The number of imidazole rings is 1. The minimum atomic E-state index is -0.639. The van der Waals surface area contributed by atoms with Crippen LogP contribution in [-0.4, -0.2) is 50.8 Å². The molecule has 1 N–H and O–H groups in total. The first-order valence-electron chi connectivity index (χ1n) is 10.0. The zero-order chi connectivity index (χ0) is 21.0. The van der Waals surface area contributed by atoms with Crippen molar-refractivity contribution < 1.29 is 9.53 Å². The van der Waals surface area contributed by atoms with Gasteiger partial charge in [-0.2, -0.15) is 9.97 Å². The van der Waals surface area contributed by atoms with E-state index in [-0.39, 0.29) is 18.1 Å². The second kappa shape index (κ2) is 8.99. The number of nitrogens with zero attached hydrogens (tertiary/aromatic N) is 5. The summed E-state index contributed by atoms with van der Waals surface area (Å²) in [5.74, 6) is 6.52. The Hall–Kier alpha value is -3.02. The van der Waals surface area contributed by atoms with Crippen LogP contribution in [0.1, 0.15) is 40.0 Å². The predicted molar refractivity (Wildman–Crippen MR) is 112 cm³/mol. The molecule has 1 aliphatic heterocycles. The van der Waals surface area contributed by atoms with Gasteiger partial charge >= 0.3 is 5.97 Å². The van der Waals surface area contributed by atoms with Gasteiger partial charge in [0.05, 0.1) is 13.2 Å². The lowest BCUT2D eigenvalue weighted by atomic mass is 10.1. The molecular formula is C20H28N6O3. The van der Waals surface area contributed by atoms with E-state index in [0.717, 1.165) is 31.9 Å². The van der Waals surface area contributed by atoms with Crippen LogP contribution >= 0.6 is 0 Å². The Morgan fingerprint density at radius 2 is 2.00 bits per heavy atom. The Balaban J connectivity index is 2.07. The molecule has 1 aliphatic rings. The van der Waals surface area contributed by atoms with Crippen LogP contribution in [0.5, 0.6) is 0 Å². The van der Waals surface area contributed by atoms with Gasteiger partial charge in [0.15, 0.2) is 11.2 Å². The molecule has 2 aromatic rings. The molecule has 0 radical (unpaired) electrons. The molecule has 156 valence electrons. The Morgan fingerprint density at radius 3 is 2.66 bits per heavy atom. The van der Waals surface area contributed by atoms with E-state index in [4.69, 9.17) is 4.74 Å². The molecule has 9 heteroatoms. The van der Waals surface area contributed by atoms with E-state index in [2.05, 4.69) is 32.0 Å². The fourth-order valence-corrected chi connectivity index (χ4v) is 3.44. The maximum absolute atomic E-state index is 13.1. The van der Waals surface area contributed by atoms with E-state index in [1.807, 2.05) is 4.57 Å². The van der Waals surface area contributed by atoms with E-state index in [1.54, 1.807) is 27.8 Å². The van der Waals surface area contributed by atoms with Gasteiger partial charge in [-0.05, 0) is 40.0 Å². The second-order valence-electron chi connectivity index (χ2n) is 7.06. The van der Waals surface area contributed by atoms with Crippen molar-refractivity contribution in [2.24, 2.45) is 7.05 Å². The van der Waals surface area contributed by atoms with Gasteiger partial charge in [0.2, 0.25) is 11.9 Å². The van der Waals surface area contributed by atoms with Crippen LogP contribution < -0.4 is 15.8 Å². The molecule has 3 rings (SSSR count). The molecule has 1 atom stereocenters. The van der Waals surface area contributed by atoms with E-state index < -0.39 is 12.0 Å². The van der Waals surface area contributed by atoms with Crippen molar-refractivity contribution in [2.75, 3.05) is 29.9 Å². The Labute approximate surface area is 170 Å². The SMILES string of the molecule is CC#CCn1c(N2CCCCC2)nc2nc(N[C@@H](C)C(=O)OCC)n(C)c(=O)c21. The molecule has 0 amide bonds. The first-order chi connectivity index (χ1) is 14.0. The maximum Gasteiger partial charge on any atom is 0.328 e. The topological polar surface area (TPSA) is 94.3 Å². The van der Waals surface area contributed by atoms with Crippen LogP contribution in [0.4, 0.5) is 11.9 Å². The summed E-state index contributed by atoms with van der Waals surface area (Å²) in [7, 11) is 1.62. The van der Waals surface area contributed by atoms with Gasteiger partial charge in [-0.15, -0.1) is 5.92 Å².